The third-order valence-corrected chi connectivity index (χ3v) is 2.60. The molecule has 0 saturated heterocycles. The van der Waals surface area contributed by atoms with Gasteiger partial charge in [-0.1, -0.05) is 6.58 Å². The van der Waals surface area contributed by atoms with Crippen molar-refractivity contribution in [2.24, 2.45) is 0 Å². The van der Waals surface area contributed by atoms with E-state index in [1.54, 1.807) is 35.0 Å². The van der Waals surface area contributed by atoms with Crippen molar-refractivity contribution in [3.63, 3.8) is 0 Å². The number of methoxy groups -OCH3 is 2. The molecule has 1 unspecified atom stereocenters. The Hall–Kier alpha value is -1.20. The monoisotopic (exact) mass is 286 g/mol. The lowest BCUT2D eigenvalue weighted by molar-refractivity contribution is -0.150. The van der Waals surface area contributed by atoms with Gasteiger partial charge in [0.1, 0.15) is 5.60 Å². The molecule has 0 amide bonds. The number of hydrogen-bond donors (Lipinski definition) is 0. The molecule has 0 heterocycles. The minimum absolute atomic E-state index is 0.0393. The van der Waals surface area contributed by atoms with Gasteiger partial charge in [-0.25, -0.2) is 4.79 Å². The molecule has 1 atom stereocenters. The van der Waals surface area contributed by atoms with E-state index in [0.29, 0.717) is 19.4 Å². The molecule has 0 fully saturated rings. The van der Waals surface area contributed by atoms with Crippen LogP contribution < -0.4 is 0 Å². The Bertz CT molecular complexity index is 341. The van der Waals surface area contributed by atoms with E-state index in [-0.39, 0.29) is 23.9 Å². The lowest BCUT2D eigenvalue weighted by Crippen LogP contribution is -2.27. The number of carbonyl (C=O) groups excluding carboxylic acids is 2. The van der Waals surface area contributed by atoms with Gasteiger partial charge in [0.2, 0.25) is 0 Å². The second kappa shape index (κ2) is 8.87. The zero-order valence-electron chi connectivity index (χ0n) is 13.2. The summed E-state index contributed by atoms with van der Waals surface area (Å²) in [6, 6.07) is 0. The number of Topliss-reactive ketones (excluding diaryl/α,β-unsaturated/α-hetero) is 1. The number of ether oxygens (including phenoxy) is 3. The average Bonchev–Trinajstić information content (AvgIpc) is 2.34. The van der Waals surface area contributed by atoms with Crippen LogP contribution in [-0.4, -0.2) is 44.3 Å². The van der Waals surface area contributed by atoms with Gasteiger partial charge in [0.25, 0.3) is 0 Å². The second-order valence-corrected chi connectivity index (χ2v) is 5.61. The number of rotatable bonds is 9. The van der Waals surface area contributed by atoms with Gasteiger partial charge in [-0.3, -0.25) is 4.79 Å². The van der Waals surface area contributed by atoms with Crippen molar-refractivity contribution in [2.75, 3.05) is 20.8 Å². The smallest absolute Gasteiger partial charge is 0.341 e. The summed E-state index contributed by atoms with van der Waals surface area (Å²) in [6.45, 7) is 9.24. The molecular formula is C15H26O5. The molecule has 0 aliphatic carbocycles. The maximum absolute atomic E-state index is 11.8. The number of carbonyl (C=O) groups is 2. The molecule has 0 spiro atoms. The first-order valence-electron chi connectivity index (χ1n) is 6.68. The van der Waals surface area contributed by atoms with Crippen molar-refractivity contribution in [3.05, 3.63) is 12.2 Å². The summed E-state index contributed by atoms with van der Waals surface area (Å²) < 4.78 is 15.3. The number of esters is 1. The van der Waals surface area contributed by atoms with E-state index < -0.39 is 11.6 Å². The summed E-state index contributed by atoms with van der Waals surface area (Å²) in [5.41, 5.74) is -0.722. The molecule has 0 N–H and O–H groups in total. The topological polar surface area (TPSA) is 61.8 Å². The number of hydrogen-bond acceptors (Lipinski definition) is 5. The number of ketones is 1. The van der Waals surface area contributed by atoms with Crippen molar-refractivity contribution in [2.45, 2.75) is 51.7 Å². The van der Waals surface area contributed by atoms with Gasteiger partial charge in [-0.05, 0) is 33.6 Å². The Morgan fingerprint density at radius 2 is 1.80 bits per heavy atom. The molecule has 0 aromatic heterocycles. The van der Waals surface area contributed by atoms with Crippen LogP contribution in [0, 0.1) is 0 Å². The van der Waals surface area contributed by atoms with Crippen LogP contribution in [0.25, 0.3) is 0 Å². The fourth-order valence-corrected chi connectivity index (χ4v) is 1.55. The predicted molar refractivity (Wildman–Crippen MR) is 76.5 cm³/mol. The SMILES string of the molecule is C=C(C(=O)CCCC(COC)OC)C(=O)OC(C)(C)C. The maximum Gasteiger partial charge on any atom is 0.341 e. The molecular weight excluding hydrogens is 260 g/mol. The molecule has 0 saturated carbocycles. The fraction of sp³-hybridized carbons (Fsp3) is 0.733. The zero-order chi connectivity index (χ0) is 15.8. The van der Waals surface area contributed by atoms with Crippen molar-refractivity contribution in [3.8, 4) is 0 Å². The second-order valence-electron chi connectivity index (χ2n) is 5.61. The molecule has 0 aromatic rings. The lowest BCUT2D eigenvalue weighted by Gasteiger charge is -2.20. The summed E-state index contributed by atoms with van der Waals surface area (Å²) in [4.78, 5) is 23.5. The molecule has 0 aliphatic rings. The molecule has 0 radical (unpaired) electrons. The van der Waals surface area contributed by atoms with E-state index in [4.69, 9.17) is 14.2 Å². The van der Waals surface area contributed by atoms with Crippen LogP contribution >= 0.6 is 0 Å². The minimum Gasteiger partial charge on any atom is -0.456 e. The van der Waals surface area contributed by atoms with Crippen LogP contribution in [0.4, 0.5) is 0 Å². The Kier molecular flexibility index (Phi) is 8.34. The van der Waals surface area contributed by atoms with Gasteiger partial charge in [0.15, 0.2) is 5.78 Å². The van der Waals surface area contributed by atoms with Gasteiger partial charge in [-0.2, -0.15) is 0 Å². The summed E-state index contributed by atoms with van der Waals surface area (Å²) in [6.07, 6.45) is 1.52. The average molecular weight is 286 g/mol. The standard InChI is InChI=1S/C15H26O5/c1-11(14(17)20-15(2,3)4)13(16)9-7-8-12(19-6)10-18-5/h12H,1,7-10H2,2-6H3. The third kappa shape index (κ3) is 8.07. The van der Waals surface area contributed by atoms with E-state index in [2.05, 4.69) is 6.58 Å². The quantitative estimate of drug-likeness (QED) is 0.282. The normalized spacial score (nSPS) is 12.8. The highest BCUT2D eigenvalue weighted by molar-refractivity contribution is 6.16. The Morgan fingerprint density at radius 3 is 2.25 bits per heavy atom. The highest BCUT2D eigenvalue weighted by atomic mass is 16.6. The van der Waals surface area contributed by atoms with E-state index in [0.717, 1.165) is 0 Å². The first kappa shape index (κ1) is 18.8. The molecule has 116 valence electrons. The fourth-order valence-electron chi connectivity index (χ4n) is 1.55. The van der Waals surface area contributed by atoms with E-state index in [9.17, 15) is 9.59 Å². The lowest BCUT2D eigenvalue weighted by atomic mass is 10.0. The Labute approximate surface area is 121 Å². The molecule has 20 heavy (non-hydrogen) atoms. The van der Waals surface area contributed by atoms with Crippen LogP contribution in [0.5, 0.6) is 0 Å². The largest absolute Gasteiger partial charge is 0.456 e. The van der Waals surface area contributed by atoms with E-state index >= 15 is 0 Å². The Morgan fingerprint density at radius 1 is 1.20 bits per heavy atom. The van der Waals surface area contributed by atoms with Crippen molar-refractivity contribution >= 4 is 11.8 Å². The molecule has 5 nitrogen and oxygen atoms in total. The maximum atomic E-state index is 11.8. The van der Waals surface area contributed by atoms with E-state index in [1.165, 1.54) is 0 Å². The van der Waals surface area contributed by atoms with Gasteiger partial charge in [-0.15, -0.1) is 0 Å². The van der Waals surface area contributed by atoms with Gasteiger partial charge >= 0.3 is 5.97 Å². The molecule has 0 bridgehead atoms. The first-order chi connectivity index (χ1) is 9.21. The zero-order valence-corrected chi connectivity index (χ0v) is 13.2. The third-order valence-electron chi connectivity index (χ3n) is 2.60. The van der Waals surface area contributed by atoms with Gasteiger partial charge in [0, 0.05) is 20.6 Å². The predicted octanol–water partition coefficient (Wildman–Crippen LogP) is 2.29. The van der Waals surface area contributed by atoms with Crippen LogP contribution in [0.2, 0.25) is 0 Å². The minimum atomic E-state index is -0.650. The summed E-state index contributed by atoms with van der Waals surface area (Å²) in [5.74, 6) is -0.936. The summed E-state index contributed by atoms with van der Waals surface area (Å²) in [5, 5.41) is 0. The van der Waals surface area contributed by atoms with Gasteiger partial charge < -0.3 is 14.2 Å². The molecule has 0 aliphatic heterocycles. The van der Waals surface area contributed by atoms with Crippen molar-refractivity contribution < 1.29 is 23.8 Å². The highest BCUT2D eigenvalue weighted by Gasteiger charge is 2.22. The summed E-state index contributed by atoms with van der Waals surface area (Å²) >= 11 is 0. The van der Waals surface area contributed by atoms with Crippen LogP contribution in [-0.2, 0) is 23.8 Å². The van der Waals surface area contributed by atoms with Crippen LogP contribution in [0.3, 0.4) is 0 Å². The van der Waals surface area contributed by atoms with Gasteiger partial charge in [0.05, 0.1) is 18.3 Å². The summed E-state index contributed by atoms with van der Waals surface area (Å²) in [7, 11) is 3.20. The molecule has 5 heteroatoms. The molecule has 0 rings (SSSR count). The van der Waals surface area contributed by atoms with Crippen molar-refractivity contribution in [1.82, 2.24) is 0 Å². The first-order valence-corrected chi connectivity index (χ1v) is 6.68. The van der Waals surface area contributed by atoms with Crippen LogP contribution in [0.1, 0.15) is 40.0 Å². The molecule has 0 aromatic carbocycles. The Balaban J connectivity index is 4.15. The van der Waals surface area contributed by atoms with Crippen molar-refractivity contribution in [1.29, 1.82) is 0 Å². The van der Waals surface area contributed by atoms with E-state index in [1.807, 2.05) is 0 Å². The van der Waals surface area contributed by atoms with Crippen LogP contribution in [0.15, 0.2) is 12.2 Å². The highest BCUT2D eigenvalue weighted by Crippen LogP contribution is 2.13.